The molecule has 0 unspecified atom stereocenters. The number of aliphatic hydroxyl groups is 1. The van der Waals surface area contributed by atoms with Gasteiger partial charge in [0.15, 0.2) is 0 Å². The Hall–Kier alpha value is -2.11. The highest BCUT2D eigenvalue weighted by Crippen LogP contribution is 2.13. The van der Waals surface area contributed by atoms with Crippen LogP contribution in [0, 0.1) is 0 Å². The topological polar surface area (TPSA) is 92.5 Å². The summed E-state index contributed by atoms with van der Waals surface area (Å²) in [7, 11) is 1.44. The molecule has 0 spiro atoms. The predicted molar refractivity (Wildman–Crippen MR) is 59.9 cm³/mol. The number of ether oxygens (including phenoxy) is 1. The molecule has 0 aromatic carbocycles. The first-order chi connectivity index (χ1) is 8.08. The van der Waals surface area contributed by atoms with Crippen molar-refractivity contribution in [3.63, 3.8) is 0 Å². The van der Waals surface area contributed by atoms with Gasteiger partial charge >= 0.3 is 12.0 Å². The molecule has 1 aromatic rings. The van der Waals surface area contributed by atoms with Crippen molar-refractivity contribution >= 4 is 5.97 Å². The molecule has 92 valence electrons. The molecule has 2 N–H and O–H groups in total. The number of hydrogen-bond donors (Lipinski definition) is 2. The SMILES string of the molecule is CCC(O)=C(Cc1cnc(OC)nc1)C(=O)O. The number of nitrogens with zero attached hydrogens (tertiary/aromatic N) is 2. The van der Waals surface area contributed by atoms with Gasteiger partial charge in [-0.15, -0.1) is 0 Å². The van der Waals surface area contributed by atoms with Crippen LogP contribution in [0.5, 0.6) is 6.01 Å². The van der Waals surface area contributed by atoms with Crippen molar-refractivity contribution in [2.24, 2.45) is 0 Å². The van der Waals surface area contributed by atoms with E-state index in [0.717, 1.165) is 0 Å². The van der Waals surface area contributed by atoms with E-state index in [4.69, 9.17) is 9.84 Å². The second-order valence-corrected chi connectivity index (χ2v) is 3.34. The summed E-state index contributed by atoms with van der Waals surface area (Å²) < 4.78 is 4.79. The van der Waals surface area contributed by atoms with E-state index >= 15 is 0 Å². The zero-order valence-corrected chi connectivity index (χ0v) is 9.67. The van der Waals surface area contributed by atoms with Crippen molar-refractivity contribution in [1.82, 2.24) is 9.97 Å². The van der Waals surface area contributed by atoms with Crippen LogP contribution in [0.4, 0.5) is 0 Å². The molecule has 0 saturated heterocycles. The number of rotatable bonds is 5. The number of aromatic nitrogens is 2. The molecule has 0 aliphatic heterocycles. The maximum atomic E-state index is 10.9. The Morgan fingerprint density at radius 2 is 1.94 bits per heavy atom. The van der Waals surface area contributed by atoms with E-state index in [-0.39, 0.29) is 30.2 Å². The fourth-order valence-corrected chi connectivity index (χ4v) is 1.26. The van der Waals surface area contributed by atoms with E-state index < -0.39 is 5.97 Å². The van der Waals surface area contributed by atoms with Crippen LogP contribution < -0.4 is 4.74 Å². The molecule has 0 saturated carbocycles. The van der Waals surface area contributed by atoms with Gasteiger partial charge in [-0.3, -0.25) is 0 Å². The van der Waals surface area contributed by atoms with E-state index in [0.29, 0.717) is 5.56 Å². The maximum Gasteiger partial charge on any atom is 0.335 e. The second-order valence-electron chi connectivity index (χ2n) is 3.34. The Kier molecular flexibility index (Phi) is 4.45. The lowest BCUT2D eigenvalue weighted by Crippen LogP contribution is -2.08. The van der Waals surface area contributed by atoms with E-state index in [1.807, 2.05) is 0 Å². The van der Waals surface area contributed by atoms with Gasteiger partial charge in [0.2, 0.25) is 0 Å². The second kappa shape index (κ2) is 5.83. The van der Waals surface area contributed by atoms with Crippen molar-refractivity contribution < 1.29 is 19.7 Å². The normalized spacial score (nSPS) is 11.9. The summed E-state index contributed by atoms with van der Waals surface area (Å²) in [6.07, 6.45) is 3.30. The fourth-order valence-electron chi connectivity index (χ4n) is 1.26. The van der Waals surface area contributed by atoms with Crippen LogP contribution in [0.1, 0.15) is 18.9 Å². The van der Waals surface area contributed by atoms with Crippen LogP contribution >= 0.6 is 0 Å². The monoisotopic (exact) mass is 238 g/mol. The largest absolute Gasteiger partial charge is 0.512 e. The Labute approximate surface area is 98.6 Å². The van der Waals surface area contributed by atoms with Gasteiger partial charge in [-0.05, 0) is 5.56 Å². The third-order valence-corrected chi connectivity index (χ3v) is 2.19. The van der Waals surface area contributed by atoms with Crippen LogP contribution in [-0.2, 0) is 11.2 Å². The number of allylic oxidation sites excluding steroid dienone is 1. The summed E-state index contributed by atoms with van der Waals surface area (Å²) in [4.78, 5) is 18.7. The molecule has 0 atom stereocenters. The number of aliphatic carboxylic acids is 1. The van der Waals surface area contributed by atoms with E-state index in [1.54, 1.807) is 6.92 Å². The average molecular weight is 238 g/mol. The zero-order chi connectivity index (χ0) is 12.8. The van der Waals surface area contributed by atoms with Gasteiger partial charge in [0.05, 0.1) is 12.7 Å². The highest BCUT2D eigenvalue weighted by Gasteiger charge is 2.14. The van der Waals surface area contributed by atoms with Crippen LogP contribution in [0.15, 0.2) is 23.7 Å². The van der Waals surface area contributed by atoms with Gasteiger partial charge in [0, 0.05) is 25.2 Å². The van der Waals surface area contributed by atoms with Crippen molar-refractivity contribution in [1.29, 1.82) is 0 Å². The summed E-state index contributed by atoms with van der Waals surface area (Å²) >= 11 is 0. The van der Waals surface area contributed by atoms with Gasteiger partial charge in [0.1, 0.15) is 5.76 Å². The molecule has 6 heteroatoms. The van der Waals surface area contributed by atoms with Crippen molar-refractivity contribution in [3.8, 4) is 6.01 Å². The quantitative estimate of drug-likeness (QED) is 0.594. The summed E-state index contributed by atoms with van der Waals surface area (Å²) in [5.41, 5.74) is 0.560. The first-order valence-electron chi connectivity index (χ1n) is 5.07. The van der Waals surface area contributed by atoms with Gasteiger partial charge in [0.25, 0.3) is 0 Å². The lowest BCUT2D eigenvalue weighted by molar-refractivity contribution is -0.133. The van der Waals surface area contributed by atoms with Gasteiger partial charge in [-0.25, -0.2) is 14.8 Å². The van der Waals surface area contributed by atoms with E-state index in [9.17, 15) is 9.90 Å². The van der Waals surface area contributed by atoms with Crippen molar-refractivity contribution in [3.05, 3.63) is 29.3 Å². The lowest BCUT2D eigenvalue weighted by atomic mass is 10.1. The zero-order valence-electron chi connectivity index (χ0n) is 9.67. The molecule has 0 bridgehead atoms. The number of carbonyl (C=O) groups is 1. The molecule has 1 heterocycles. The minimum atomic E-state index is -1.14. The molecule has 0 aliphatic carbocycles. The fraction of sp³-hybridized carbons (Fsp3) is 0.364. The summed E-state index contributed by atoms with van der Waals surface area (Å²) in [5.74, 6) is -1.27. The molecule has 1 aromatic heterocycles. The summed E-state index contributed by atoms with van der Waals surface area (Å²) in [6.45, 7) is 1.68. The van der Waals surface area contributed by atoms with Crippen LogP contribution in [0.25, 0.3) is 0 Å². The van der Waals surface area contributed by atoms with Crippen LogP contribution in [0.3, 0.4) is 0 Å². The molecule has 6 nitrogen and oxygen atoms in total. The summed E-state index contributed by atoms with van der Waals surface area (Å²) in [5, 5.41) is 18.4. The number of aliphatic hydroxyl groups excluding tert-OH is 1. The maximum absolute atomic E-state index is 10.9. The first kappa shape index (κ1) is 13.0. The molecule has 17 heavy (non-hydrogen) atoms. The van der Waals surface area contributed by atoms with Gasteiger partial charge in [-0.1, -0.05) is 6.92 Å². The first-order valence-corrected chi connectivity index (χ1v) is 5.07. The molecular weight excluding hydrogens is 224 g/mol. The van der Waals surface area contributed by atoms with Crippen LogP contribution in [-0.4, -0.2) is 33.3 Å². The third kappa shape index (κ3) is 3.44. The predicted octanol–water partition coefficient (Wildman–Crippen LogP) is 1.33. The molecule has 0 amide bonds. The molecular formula is C11H14N2O4. The highest BCUT2D eigenvalue weighted by atomic mass is 16.5. The lowest BCUT2D eigenvalue weighted by Gasteiger charge is -2.05. The number of methoxy groups -OCH3 is 1. The molecule has 0 aliphatic rings. The minimum Gasteiger partial charge on any atom is -0.512 e. The Morgan fingerprint density at radius 3 is 2.35 bits per heavy atom. The minimum absolute atomic E-state index is 0.0405. The average Bonchev–Trinajstić information content (AvgIpc) is 2.35. The van der Waals surface area contributed by atoms with Crippen molar-refractivity contribution in [2.45, 2.75) is 19.8 Å². The number of carboxylic acids is 1. The van der Waals surface area contributed by atoms with E-state index in [1.165, 1.54) is 19.5 Å². The smallest absolute Gasteiger partial charge is 0.335 e. The third-order valence-electron chi connectivity index (χ3n) is 2.19. The summed E-state index contributed by atoms with van der Waals surface area (Å²) in [6, 6.07) is 0.217. The number of hydrogen-bond acceptors (Lipinski definition) is 5. The molecule has 0 fully saturated rings. The number of carboxylic acid groups (broad SMARTS) is 1. The standard InChI is InChI=1S/C11H14N2O4/c1-3-9(14)8(10(15)16)4-7-5-12-11(17-2)13-6-7/h5-6,14H,3-4H2,1-2H3,(H,15,16). The van der Waals surface area contributed by atoms with Gasteiger partial charge in [-0.2, -0.15) is 0 Å². The van der Waals surface area contributed by atoms with Crippen LogP contribution in [0.2, 0.25) is 0 Å². The Bertz CT molecular complexity index is 426. The van der Waals surface area contributed by atoms with Crippen molar-refractivity contribution in [2.75, 3.05) is 7.11 Å². The highest BCUT2D eigenvalue weighted by molar-refractivity contribution is 5.87. The van der Waals surface area contributed by atoms with Gasteiger partial charge < -0.3 is 14.9 Å². The Balaban J connectivity index is 2.91. The Morgan fingerprint density at radius 1 is 1.35 bits per heavy atom. The van der Waals surface area contributed by atoms with E-state index in [2.05, 4.69) is 9.97 Å². The molecule has 0 radical (unpaired) electrons. The molecule has 1 rings (SSSR count).